The molecule has 0 spiro atoms. The van der Waals surface area contributed by atoms with Crippen LogP contribution in [0.25, 0.3) is 11.1 Å². The normalized spacial score (nSPS) is 10.5. The maximum Gasteiger partial charge on any atom is 0.256 e. The van der Waals surface area contributed by atoms with Crippen molar-refractivity contribution >= 4 is 23.1 Å². The van der Waals surface area contributed by atoms with Crippen LogP contribution in [0.2, 0.25) is 0 Å². The average Bonchev–Trinajstić information content (AvgIpc) is 2.62. The highest BCUT2D eigenvalue weighted by atomic mass is 16.1. The number of hydrogen-bond donors (Lipinski definition) is 3. The van der Waals surface area contributed by atoms with Crippen LogP contribution in [-0.2, 0) is 11.2 Å². The standard InChI is InChI=1S/C21H22N4O2/c1-4-18-19(24-16-8-9-22-20(11-16)23-14(3)26)12-17(21(27)25-18)15-7-5-6-13(2)10-15/h5-12H,4H2,1-3H3,(H,25,27)(H2,22,23,24,26). The van der Waals surface area contributed by atoms with Crippen molar-refractivity contribution in [2.75, 3.05) is 10.6 Å². The van der Waals surface area contributed by atoms with Crippen molar-refractivity contribution in [2.24, 2.45) is 0 Å². The maximum atomic E-state index is 12.5. The third kappa shape index (κ3) is 4.41. The number of pyridine rings is 2. The van der Waals surface area contributed by atoms with Crippen LogP contribution in [-0.4, -0.2) is 15.9 Å². The van der Waals surface area contributed by atoms with Gasteiger partial charge in [-0.05, 0) is 31.0 Å². The molecule has 138 valence electrons. The number of rotatable bonds is 5. The highest BCUT2D eigenvalue weighted by Crippen LogP contribution is 2.25. The van der Waals surface area contributed by atoms with Crippen LogP contribution >= 0.6 is 0 Å². The molecule has 0 fully saturated rings. The third-order valence-corrected chi connectivity index (χ3v) is 4.15. The fourth-order valence-electron chi connectivity index (χ4n) is 2.90. The minimum absolute atomic E-state index is 0.114. The fraction of sp³-hybridized carbons (Fsp3) is 0.190. The molecule has 27 heavy (non-hydrogen) atoms. The summed E-state index contributed by atoms with van der Waals surface area (Å²) in [6.45, 7) is 5.42. The molecule has 0 radical (unpaired) electrons. The summed E-state index contributed by atoms with van der Waals surface area (Å²) in [6.07, 6.45) is 2.29. The Morgan fingerprint density at radius 3 is 2.70 bits per heavy atom. The zero-order chi connectivity index (χ0) is 19.4. The molecule has 0 atom stereocenters. The second kappa shape index (κ2) is 7.86. The lowest BCUT2D eigenvalue weighted by atomic mass is 10.0. The number of nitrogens with zero attached hydrogens (tertiary/aromatic N) is 1. The minimum Gasteiger partial charge on any atom is -0.354 e. The molecule has 1 aromatic carbocycles. The zero-order valence-corrected chi connectivity index (χ0v) is 15.6. The van der Waals surface area contributed by atoms with E-state index in [1.165, 1.54) is 6.92 Å². The number of H-pyrrole nitrogens is 1. The Morgan fingerprint density at radius 2 is 2.00 bits per heavy atom. The highest BCUT2D eigenvalue weighted by molar-refractivity contribution is 5.88. The molecule has 0 saturated heterocycles. The van der Waals surface area contributed by atoms with Gasteiger partial charge in [0, 0.05) is 36.1 Å². The van der Waals surface area contributed by atoms with E-state index in [0.29, 0.717) is 17.8 Å². The summed E-state index contributed by atoms with van der Waals surface area (Å²) in [5.74, 6) is 0.286. The fourth-order valence-corrected chi connectivity index (χ4v) is 2.90. The zero-order valence-electron chi connectivity index (χ0n) is 15.6. The smallest absolute Gasteiger partial charge is 0.256 e. The van der Waals surface area contributed by atoms with Gasteiger partial charge in [0.25, 0.3) is 5.56 Å². The molecule has 3 rings (SSSR count). The monoisotopic (exact) mass is 362 g/mol. The lowest BCUT2D eigenvalue weighted by Gasteiger charge is -2.14. The third-order valence-electron chi connectivity index (χ3n) is 4.15. The topological polar surface area (TPSA) is 86.9 Å². The number of benzene rings is 1. The molecule has 2 heterocycles. The molecular weight excluding hydrogens is 340 g/mol. The van der Waals surface area contributed by atoms with E-state index in [-0.39, 0.29) is 11.5 Å². The van der Waals surface area contributed by atoms with Crippen molar-refractivity contribution < 1.29 is 4.79 Å². The first-order valence-electron chi connectivity index (χ1n) is 8.80. The SMILES string of the molecule is CCc1[nH]c(=O)c(-c2cccc(C)c2)cc1Nc1ccnc(NC(C)=O)c1. The summed E-state index contributed by atoms with van der Waals surface area (Å²) in [5, 5.41) is 5.99. The summed E-state index contributed by atoms with van der Waals surface area (Å²) in [4.78, 5) is 30.9. The summed E-state index contributed by atoms with van der Waals surface area (Å²) >= 11 is 0. The van der Waals surface area contributed by atoms with Crippen LogP contribution in [0.3, 0.4) is 0 Å². The number of hydrogen-bond acceptors (Lipinski definition) is 4. The van der Waals surface area contributed by atoms with Gasteiger partial charge >= 0.3 is 0 Å². The van der Waals surface area contributed by atoms with E-state index in [0.717, 1.165) is 28.2 Å². The lowest BCUT2D eigenvalue weighted by Crippen LogP contribution is -2.14. The van der Waals surface area contributed by atoms with Crippen LogP contribution in [0.5, 0.6) is 0 Å². The highest BCUT2D eigenvalue weighted by Gasteiger charge is 2.10. The number of carbonyl (C=O) groups excluding carboxylic acids is 1. The molecule has 2 aromatic heterocycles. The van der Waals surface area contributed by atoms with Crippen molar-refractivity contribution in [1.82, 2.24) is 9.97 Å². The quantitative estimate of drug-likeness (QED) is 0.640. The first-order valence-corrected chi connectivity index (χ1v) is 8.80. The Hall–Kier alpha value is -3.41. The molecule has 0 aliphatic carbocycles. The first kappa shape index (κ1) is 18.4. The van der Waals surface area contributed by atoms with E-state index in [4.69, 9.17) is 0 Å². The van der Waals surface area contributed by atoms with Gasteiger partial charge in [-0.1, -0.05) is 36.8 Å². The van der Waals surface area contributed by atoms with Crippen LogP contribution in [0, 0.1) is 6.92 Å². The second-order valence-corrected chi connectivity index (χ2v) is 6.36. The van der Waals surface area contributed by atoms with Crippen LogP contribution in [0.1, 0.15) is 25.1 Å². The number of aromatic nitrogens is 2. The Morgan fingerprint density at radius 1 is 1.19 bits per heavy atom. The van der Waals surface area contributed by atoms with Crippen LogP contribution in [0.4, 0.5) is 17.2 Å². The minimum atomic E-state index is -0.181. The molecule has 0 aliphatic rings. The Bertz CT molecular complexity index is 1040. The van der Waals surface area contributed by atoms with E-state index in [9.17, 15) is 9.59 Å². The summed E-state index contributed by atoms with van der Waals surface area (Å²) in [7, 11) is 0. The molecule has 0 aliphatic heterocycles. The Labute approximate surface area is 157 Å². The molecule has 0 saturated carbocycles. The van der Waals surface area contributed by atoms with Crippen molar-refractivity contribution in [3.63, 3.8) is 0 Å². The molecular formula is C21H22N4O2. The molecule has 6 heteroatoms. The van der Waals surface area contributed by atoms with Gasteiger partial charge in [0.05, 0.1) is 5.69 Å². The second-order valence-electron chi connectivity index (χ2n) is 6.36. The van der Waals surface area contributed by atoms with Gasteiger partial charge in [-0.25, -0.2) is 4.98 Å². The van der Waals surface area contributed by atoms with Gasteiger partial charge in [-0.3, -0.25) is 9.59 Å². The van der Waals surface area contributed by atoms with E-state index >= 15 is 0 Å². The van der Waals surface area contributed by atoms with Gasteiger partial charge in [-0.15, -0.1) is 0 Å². The van der Waals surface area contributed by atoms with Crippen LogP contribution < -0.4 is 16.2 Å². The van der Waals surface area contributed by atoms with Gasteiger partial charge in [0.2, 0.25) is 5.91 Å². The summed E-state index contributed by atoms with van der Waals surface area (Å²) in [6, 6.07) is 13.3. The van der Waals surface area contributed by atoms with E-state index in [1.54, 1.807) is 12.3 Å². The predicted molar refractivity (Wildman–Crippen MR) is 108 cm³/mol. The Kier molecular flexibility index (Phi) is 5.35. The molecule has 1 amide bonds. The number of nitrogens with one attached hydrogen (secondary N) is 3. The van der Waals surface area contributed by atoms with Crippen molar-refractivity contribution in [3.8, 4) is 11.1 Å². The predicted octanol–water partition coefficient (Wildman–Crippen LogP) is 4.01. The average molecular weight is 362 g/mol. The van der Waals surface area contributed by atoms with Gasteiger partial charge in [0.15, 0.2) is 0 Å². The molecule has 0 unspecified atom stereocenters. The number of anilines is 3. The number of aromatic amines is 1. The van der Waals surface area contributed by atoms with E-state index in [2.05, 4.69) is 20.6 Å². The molecule has 3 aromatic rings. The summed E-state index contributed by atoms with van der Waals surface area (Å²) < 4.78 is 0. The summed E-state index contributed by atoms with van der Waals surface area (Å²) in [5.41, 5.74) is 4.85. The number of aryl methyl sites for hydroxylation is 2. The largest absolute Gasteiger partial charge is 0.354 e. The lowest BCUT2D eigenvalue weighted by molar-refractivity contribution is -0.114. The van der Waals surface area contributed by atoms with Gasteiger partial charge in [-0.2, -0.15) is 0 Å². The number of amides is 1. The van der Waals surface area contributed by atoms with Crippen molar-refractivity contribution in [3.05, 3.63) is 70.3 Å². The molecule has 6 nitrogen and oxygen atoms in total. The number of carbonyl (C=O) groups is 1. The maximum absolute atomic E-state index is 12.5. The van der Waals surface area contributed by atoms with Crippen molar-refractivity contribution in [2.45, 2.75) is 27.2 Å². The first-order chi connectivity index (χ1) is 13.0. The van der Waals surface area contributed by atoms with Crippen molar-refractivity contribution in [1.29, 1.82) is 0 Å². The Balaban J connectivity index is 2.01. The molecule has 0 bridgehead atoms. The van der Waals surface area contributed by atoms with Crippen LogP contribution in [0.15, 0.2) is 53.5 Å². The van der Waals surface area contributed by atoms with Gasteiger partial charge < -0.3 is 15.6 Å². The van der Waals surface area contributed by atoms with E-state index in [1.807, 2.05) is 50.2 Å². The molecule has 3 N–H and O–H groups in total. The van der Waals surface area contributed by atoms with Gasteiger partial charge in [0.1, 0.15) is 5.82 Å². The van der Waals surface area contributed by atoms with E-state index < -0.39 is 0 Å².